The lowest BCUT2D eigenvalue weighted by Gasteiger charge is -2.62. The Bertz CT molecular complexity index is 427. The van der Waals surface area contributed by atoms with Crippen LogP contribution in [0.1, 0.15) is 59.8 Å². The number of carbonyl (C=O) groups excluding carboxylic acids is 1. The molecule has 0 aromatic heterocycles. The number of carbonyl (C=O) groups is 1. The SMILES string of the molecule is COC(=O)[C@@H]1C(C)[C@@H]2CCCCC[C@@]12O[Si](C)(C)C(C)(C)C. The largest absolute Gasteiger partial charge is 0.469 e. The Kier molecular flexibility index (Phi) is 4.85. The van der Waals surface area contributed by atoms with Crippen molar-refractivity contribution in [3.05, 3.63) is 0 Å². The van der Waals surface area contributed by atoms with E-state index in [1.165, 1.54) is 32.8 Å². The number of hydrogen-bond acceptors (Lipinski definition) is 3. The second kappa shape index (κ2) is 5.93. The van der Waals surface area contributed by atoms with Crippen LogP contribution in [-0.2, 0) is 14.0 Å². The van der Waals surface area contributed by atoms with E-state index in [4.69, 9.17) is 9.16 Å². The van der Waals surface area contributed by atoms with E-state index in [0.29, 0.717) is 11.8 Å². The van der Waals surface area contributed by atoms with Gasteiger partial charge >= 0.3 is 5.97 Å². The monoisotopic (exact) mass is 326 g/mol. The summed E-state index contributed by atoms with van der Waals surface area (Å²) in [4.78, 5) is 12.4. The highest BCUT2D eigenvalue weighted by Gasteiger charge is 2.66. The molecule has 2 saturated carbocycles. The molecule has 0 N–H and O–H groups in total. The van der Waals surface area contributed by atoms with Crippen molar-refractivity contribution in [2.45, 2.75) is 83.5 Å². The summed E-state index contributed by atoms with van der Waals surface area (Å²) in [5, 5.41) is 0.165. The van der Waals surface area contributed by atoms with Crippen molar-refractivity contribution in [2.24, 2.45) is 17.8 Å². The Morgan fingerprint density at radius 2 is 1.82 bits per heavy atom. The first-order valence-electron chi connectivity index (χ1n) is 8.85. The van der Waals surface area contributed by atoms with Gasteiger partial charge in [0.05, 0.1) is 18.6 Å². The van der Waals surface area contributed by atoms with E-state index in [2.05, 4.69) is 40.8 Å². The summed E-state index contributed by atoms with van der Waals surface area (Å²) >= 11 is 0. The van der Waals surface area contributed by atoms with Gasteiger partial charge in [0.2, 0.25) is 0 Å². The minimum Gasteiger partial charge on any atom is -0.469 e. The quantitative estimate of drug-likeness (QED) is 0.554. The van der Waals surface area contributed by atoms with Gasteiger partial charge in [0.15, 0.2) is 8.32 Å². The van der Waals surface area contributed by atoms with Gasteiger partial charge in [-0.25, -0.2) is 0 Å². The number of methoxy groups -OCH3 is 1. The molecule has 4 heteroatoms. The van der Waals surface area contributed by atoms with Crippen LogP contribution >= 0.6 is 0 Å². The van der Waals surface area contributed by atoms with Crippen LogP contribution in [0.15, 0.2) is 0 Å². The van der Waals surface area contributed by atoms with E-state index >= 15 is 0 Å². The van der Waals surface area contributed by atoms with E-state index < -0.39 is 8.32 Å². The minimum absolute atomic E-state index is 0.0654. The summed E-state index contributed by atoms with van der Waals surface area (Å²) in [5.74, 6) is 0.766. The van der Waals surface area contributed by atoms with Gasteiger partial charge in [-0.15, -0.1) is 0 Å². The summed E-state index contributed by atoms with van der Waals surface area (Å²) < 4.78 is 12.1. The van der Waals surface area contributed by atoms with E-state index in [1.54, 1.807) is 0 Å². The molecule has 0 aromatic rings. The zero-order chi connectivity index (χ0) is 16.8. The Hall–Kier alpha value is -0.353. The van der Waals surface area contributed by atoms with Crippen LogP contribution in [0, 0.1) is 17.8 Å². The average molecular weight is 327 g/mol. The topological polar surface area (TPSA) is 35.5 Å². The van der Waals surface area contributed by atoms with Gasteiger partial charge in [0, 0.05) is 0 Å². The highest BCUT2D eigenvalue weighted by atomic mass is 28.4. The van der Waals surface area contributed by atoms with E-state index in [1.807, 2.05) is 0 Å². The van der Waals surface area contributed by atoms with Gasteiger partial charge < -0.3 is 9.16 Å². The first-order chi connectivity index (χ1) is 10.1. The molecule has 3 nitrogen and oxygen atoms in total. The summed E-state index contributed by atoms with van der Waals surface area (Å²) in [6.07, 6.45) is 5.92. The Balaban J connectivity index is 2.36. The fourth-order valence-corrected chi connectivity index (χ4v) is 6.02. The standard InChI is InChI=1S/C18H34O3Si/c1-13-14-11-9-8-10-12-18(14,15(13)16(19)20-5)21-22(6,7)17(2,3)4/h13-15H,8-12H2,1-7H3/t13?,14-,15-,18-/m0/s1. The highest BCUT2D eigenvalue weighted by Crippen LogP contribution is 2.60. The minimum atomic E-state index is -1.92. The van der Waals surface area contributed by atoms with E-state index in [-0.39, 0.29) is 22.5 Å². The maximum atomic E-state index is 12.4. The average Bonchev–Trinajstić information content (AvgIpc) is 2.56. The van der Waals surface area contributed by atoms with Crippen molar-refractivity contribution < 1.29 is 14.0 Å². The number of ether oxygens (including phenoxy) is 1. The molecule has 2 rings (SSSR count). The van der Waals surface area contributed by atoms with Crippen LogP contribution in [0.5, 0.6) is 0 Å². The molecule has 0 radical (unpaired) electrons. The van der Waals surface area contributed by atoms with Crippen molar-refractivity contribution in [1.82, 2.24) is 0 Å². The third-order valence-corrected chi connectivity index (χ3v) is 11.1. The fraction of sp³-hybridized carbons (Fsp3) is 0.944. The molecular weight excluding hydrogens is 292 g/mol. The van der Waals surface area contributed by atoms with Gasteiger partial charge in [-0.3, -0.25) is 4.79 Å². The zero-order valence-electron chi connectivity index (χ0n) is 15.5. The second-order valence-corrected chi connectivity index (χ2v) is 13.6. The van der Waals surface area contributed by atoms with E-state index in [0.717, 1.165) is 6.42 Å². The number of fused-ring (bicyclic) bond motifs is 1. The second-order valence-electron chi connectivity index (χ2n) is 8.88. The zero-order valence-corrected chi connectivity index (χ0v) is 16.5. The van der Waals surface area contributed by atoms with Crippen LogP contribution in [-0.4, -0.2) is 27.0 Å². The predicted octanol–water partition coefficient (Wildman–Crippen LogP) is 4.77. The molecule has 0 spiro atoms. The Morgan fingerprint density at radius 1 is 1.18 bits per heavy atom. The Labute approximate surface area is 137 Å². The first-order valence-corrected chi connectivity index (χ1v) is 11.8. The van der Waals surface area contributed by atoms with Gasteiger partial charge in [-0.1, -0.05) is 47.0 Å². The molecule has 2 aliphatic rings. The molecular formula is C18H34O3Si. The van der Waals surface area contributed by atoms with Crippen molar-refractivity contribution in [3.63, 3.8) is 0 Å². The maximum Gasteiger partial charge on any atom is 0.311 e. The Morgan fingerprint density at radius 3 is 2.36 bits per heavy atom. The lowest BCUT2D eigenvalue weighted by molar-refractivity contribution is -0.206. The molecule has 0 saturated heterocycles. The summed E-state index contributed by atoms with van der Waals surface area (Å²) in [5.41, 5.74) is -0.258. The molecule has 0 amide bonds. The summed E-state index contributed by atoms with van der Waals surface area (Å²) in [7, 11) is -0.402. The molecule has 22 heavy (non-hydrogen) atoms. The van der Waals surface area contributed by atoms with Crippen LogP contribution in [0.2, 0.25) is 18.1 Å². The van der Waals surface area contributed by atoms with Crippen LogP contribution in [0.3, 0.4) is 0 Å². The van der Waals surface area contributed by atoms with E-state index in [9.17, 15) is 4.79 Å². The molecule has 2 aliphatic carbocycles. The lowest BCUT2D eigenvalue weighted by Crippen LogP contribution is -2.69. The molecule has 4 atom stereocenters. The normalized spacial score (nSPS) is 36.0. The lowest BCUT2D eigenvalue weighted by atomic mass is 9.52. The van der Waals surface area contributed by atoms with Crippen LogP contribution in [0.4, 0.5) is 0 Å². The number of rotatable bonds is 3. The maximum absolute atomic E-state index is 12.4. The van der Waals surface area contributed by atoms with Gasteiger partial charge in [-0.05, 0) is 42.8 Å². The molecule has 1 unspecified atom stereocenters. The molecule has 128 valence electrons. The fourth-order valence-electron chi connectivity index (χ4n) is 4.38. The van der Waals surface area contributed by atoms with Crippen LogP contribution < -0.4 is 0 Å². The van der Waals surface area contributed by atoms with Gasteiger partial charge in [0.1, 0.15) is 0 Å². The molecule has 2 fully saturated rings. The summed E-state index contributed by atoms with van der Waals surface area (Å²) in [6, 6.07) is 0. The van der Waals surface area contributed by atoms with Crippen molar-refractivity contribution in [1.29, 1.82) is 0 Å². The summed E-state index contributed by atoms with van der Waals surface area (Å²) in [6.45, 7) is 13.7. The molecule has 0 bridgehead atoms. The molecule has 0 aliphatic heterocycles. The van der Waals surface area contributed by atoms with Gasteiger partial charge in [0.25, 0.3) is 0 Å². The predicted molar refractivity (Wildman–Crippen MR) is 92.3 cm³/mol. The smallest absolute Gasteiger partial charge is 0.311 e. The van der Waals surface area contributed by atoms with Crippen molar-refractivity contribution in [2.75, 3.05) is 7.11 Å². The third kappa shape index (κ3) is 2.77. The van der Waals surface area contributed by atoms with Crippen LogP contribution in [0.25, 0.3) is 0 Å². The molecule has 0 heterocycles. The third-order valence-electron chi connectivity index (χ3n) is 6.60. The molecule has 0 aromatic carbocycles. The first kappa shape index (κ1) is 18.0. The number of hydrogen-bond donors (Lipinski definition) is 0. The van der Waals surface area contributed by atoms with Gasteiger partial charge in [-0.2, -0.15) is 0 Å². The number of esters is 1. The van der Waals surface area contributed by atoms with Crippen molar-refractivity contribution in [3.8, 4) is 0 Å². The van der Waals surface area contributed by atoms with Crippen molar-refractivity contribution >= 4 is 14.3 Å². The highest BCUT2D eigenvalue weighted by molar-refractivity contribution is 6.74.